The largest absolute Gasteiger partial charge is 0.378 e. The van der Waals surface area contributed by atoms with Crippen LogP contribution in [0.2, 0.25) is 10.2 Å². The molecule has 0 bridgehead atoms. The van der Waals surface area contributed by atoms with Gasteiger partial charge in [0.2, 0.25) is 0 Å². The molecule has 3 heterocycles. The predicted octanol–water partition coefficient (Wildman–Crippen LogP) is 2.43. The third-order valence-electron chi connectivity index (χ3n) is 4.50. The van der Waals surface area contributed by atoms with Gasteiger partial charge in [-0.1, -0.05) is 29.3 Å². The molecular weight excluding hydrogens is 387 g/mol. The van der Waals surface area contributed by atoms with Crippen LogP contribution < -0.4 is 15.5 Å². The van der Waals surface area contributed by atoms with Gasteiger partial charge in [-0.15, -0.1) is 0 Å². The predicted molar refractivity (Wildman–Crippen MR) is 110 cm³/mol. The second-order valence-electron chi connectivity index (χ2n) is 6.20. The molecule has 0 aliphatic carbocycles. The molecule has 9 heteroatoms. The van der Waals surface area contributed by atoms with E-state index in [1.54, 1.807) is 7.05 Å². The van der Waals surface area contributed by atoms with Gasteiger partial charge in [0.05, 0.1) is 24.8 Å². The van der Waals surface area contributed by atoms with Gasteiger partial charge in [0, 0.05) is 51.2 Å². The number of nitrogens with one attached hydrogen (secondary N) is 2. The molecule has 1 aliphatic rings. The number of halogens is 2. The number of pyridine rings is 1. The molecule has 0 amide bonds. The van der Waals surface area contributed by atoms with E-state index >= 15 is 0 Å². The molecule has 0 atom stereocenters. The average Bonchev–Trinajstić information content (AvgIpc) is 2.96. The number of hydrogen-bond donors (Lipinski definition) is 2. The third kappa shape index (κ3) is 4.86. The number of hydrogen-bond acceptors (Lipinski definition) is 4. The van der Waals surface area contributed by atoms with E-state index in [0.717, 1.165) is 43.4 Å². The Labute approximate surface area is 169 Å². The maximum Gasteiger partial charge on any atom is 0.191 e. The normalized spacial score (nSPS) is 15.1. The molecule has 146 valence electrons. The van der Waals surface area contributed by atoms with E-state index in [-0.39, 0.29) is 0 Å². The van der Waals surface area contributed by atoms with E-state index < -0.39 is 0 Å². The first-order chi connectivity index (χ1) is 13.1. The van der Waals surface area contributed by atoms with Crippen LogP contribution in [0.5, 0.6) is 0 Å². The van der Waals surface area contributed by atoms with Gasteiger partial charge in [-0.25, -0.2) is 4.98 Å². The minimum absolute atomic E-state index is 0.530. The van der Waals surface area contributed by atoms with Gasteiger partial charge in [0.1, 0.15) is 11.0 Å². The minimum atomic E-state index is 0.530. The number of morpholine rings is 1. The topological polar surface area (TPSA) is 66.7 Å². The number of guanidine groups is 1. The second kappa shape index (κ2) is 9.30. The standard InChI is InChI=1S/C18H24Cl2N6O/c1-21-18(24-12-14-10-15(19)16(20)25(14)2)23-11-13-4-3-5-22-17(13)26-6-8-27-9-7-26/h3-5,10H,6-9,11-12H2,1-2H3,(H2,21,23,24). The maximum atomic E-state index is 6.12. The lowest BCUT2D eigenvalue weighted by molar-refractivity contribution is 0.122. The summed E-state index contributed by atoms with van der Waals surface area (Å²) in [5, 5.41) is 7.70. The number of ether oxygens (including phenoxy) is 1. The van der Waals surface area contributed by atoms with E-state index in [1.807, 2.05) is 29.9 Å². The second-order valence-corrected chi connectivity index (χ2v) is 6.96. The molecule has 1 fully saturated rings. The van der Waals surface area contributed by atoms with Crippen molar-refractivity contribution in [1.29, 1.82) is 0 Å². The summed E-state index contributed by atoms with van der Waals surface area (Å²) in [7, 11) is 3.62. The Hall–Kier alpha value is -1.96. The van der Waals surface area contributed by atoms with Crippen molar-refractivity contribution >= 4 is 35.0 Å². The van der Waals surface area contributed by atoms with E-state index in [2.05, 4.69) is 31.6 Å². The van der Waals surface area contributed by atoms with Crippen LogP contribution in [0.4, 0.5) is 5.82 Å². The summed E-state index contributed by atoms with van der Waals surface area (Å²) < 4.78 is 7.28. The molecule has 2 N–H and O–H groups in total. The van der Waals surface area contributed by atoms with Crippen molar-refractivity contribution < 1.29 is 4.74 Å². The summed E-state index contributed by atoms with van der Waals surface area (Å²) in [5.74, 6) is 1.69. The summed E-state index contributed by atoms with van der Waals surface area (Å²) in [6.07, 6.45) is 1.82. The molecule has 1 aliphatic heterocycles. The molecule has 2 aromatic heterocycles. The minimum Gasteiger partial charge on any atom is -0.378 e. The molecule has 3 rings (SSSR count). The van der Waals surface area contributed by atoms with Gasteiger partial charge < -0.3 is 24.8 Å². The lowest BCUT2D eigenvalue weighted by Gasteiger charge is -2.29. The van der Waals surface area contributed by atoms with Gasteiger partial charge in [-0.3, -0.25) is 4.99 Å². The maximum absolute atomic E-state index is 6.12. The first-order valence-electron chi connectivity index (χ1n) is 8.81. The first kappa shape index (κ1) is 19.8. The lowest BCUT2D eigenvalue weighted by atomic mass is 10.2. The Bertz CT molecular complexity index is 801. The molecule has 0 saturated carbocycles. The molecule has 0 aromatic carbocycles. The van der Waals surface area contributed by atoms with Crippen LogP contribution >= 0.6 is 23.2 Å². The summed E-state index contributed by atoms with van der Waals surface area (Å²) in [6, 6.07) is 5.88. The van der Waals surface area contributed by atoms with E-state index in [0.29, 0.717) is 29.2 Å². The smallest absolute Gasteiger partial charge is 0.191 e. The number of anilines is 1. The monoisotopic (exact) mass is 410 g/mol. The van der Waals surface area contributed by atoms with Gasteiger partial charge in [0.25, 0.3) is 0 Å². The van der Waals surface area contributed by atoms with Crippen molar-refractivity contribution in [1.82, 2.24) is 20.2 Å². The van der Waals surface area contributed by atoms with E-state index in [1.165, 1.54) is 0 Å². The van der Waals surface area contributed by atoms with E-state index in [4.69, 9.17) is 27.9 Å². The Kier molecular flexibility index (Phi) is 6.82. The van der Waals surface area contributed by atoms with Gasteiger partial charge in [-0.2, -0.15) is 0 Å². The Morgan fingerprint density at radius 2 is 2.00 bits per heavy atom. The molecule has 0 radical (unpaired) electrons. The van der Waals surface area contributed by atoms with Crippen molar-refractivity contribution in [2.24, 2.45) is 12.0 Å². The highest BCUT2D eigenvalue weighted by atomic mass is 35.5. The molecule has 27 heavy (non-hydrogen) atoms. The van der Waals surface area contributed by atoms with Crippen LogP contribution in [0, 0.1) is 0 Å². The summed E-state index contributed by atoms with van der Waals surface area (Å²) in [4.78, 5) is 11.1. The van der Waals surface area contributed by atoms with Crippen molar-refractivity contribution in [3.05, 3.63) is 45.8 Å². The zero-order valence-corrected chi connectivity index (χ0v) is 17.0. The van der Waals surface area contributed by atoms with Crippen molar-refractivity contribution in [2.75, 3.05) is 38.3 Å². The fraction of sp³-hybridized carbons (Fsp3) is 0.444. The zero-order valence-electron chi connectivity index (χ0n) is 15.5. The fourth-order valence-electron chi connectivity index (χ4n) is 2.96. The molecule has 1 saturated heterocycles. The van der Waals surface area contributed by atoms with E-state index in [9.17, 15) is 0 Å². The van der Waals surface area contributed by atoms with Gasteiger partial charge >= 0.3 is 0 Å². The van der Waals surface area contributed by atoms with Crippen molar-refractivity contribution in [3.63, 3.8) is 0 Å². The van der Waals surface area contributed by atoms with Gasteiger partial charge in [-0.05, 0) is 12.1 Å². The highest BCUT2D eigenvalue weighted by Crippen LogP contribution is 2.25. The molecular formula is C18H24Cl2N6O. The van der Waals surface area contributed by atoms with Crippen LogP contribution in [0.3, 0.4) is 0 Å². The highest BCUT2D eigenvalue weighted by molar-refractivity contribution is 6.41. The lowest BCUT2D eigenvalue weighted by Crippen LogP contribution is -2.39. The van der Waals surface area contributed by atoms with Gasteiger partial charge in [0.15, 0.2) is 5.96 Å². The Balaban J connectivity index is 1.60. The third-order valence-corrected chi connectivity index (χ3v) is 5.34. The number of nitrogens with zero attached hydrogens (tertiary/aromatic N) is 4. The molecule has 2 aromatic rings. The summed E-state index contributed by atoms with van der Waals surface area (Å²) in [5.41, 5.74) is 2.09. The van der Waals surface area contributed by atoms with Crippen LogP contribution in [-0.2, 0) is 24.9 Å². The first-order valence-corrected chi connectivity index (χ1v) is 9.56. The zero-order chi connectivity index (χ0) is 19.2. The molecule has 0 spiro atoms. The average molecular weight is 411 g/mol. The number of aliphatic imine (C=N–C) groups is 1. The van der Waals surface area contributed by atoms with Crippen molar-refractivity contribution in [3.8, 4) is 0 Å². The summed E-state index contributed by atoms with van der Waals surface area (Å²) >= 11 is 12.2. The number of aromatic nitrogens is 2. The quantitative estimate of drug-likeness (QED) is 0.585. The van der Waals surface area contributed by atoms with Crippen LogP contribution in [0.1, 0.15) is 11.3 Å². The summed E-state index contributed by atoms with van der Waals surface area (Å²) in [6.45, 7) is 4.35. The number of rotatable bonds is 5. The fourth-order valence-corrected chi connectivity index (χ4v) is 3.38. The Morgan fingerprint density at radius 1 is 1.26 bits per heavy atom. The molecule has 0 unspecified atom stereocenters. The highest BCUT2D eigenvalue weighted by Gasteiger charge is 2.16. The van der Waals surface area contributed by atoms with Crippen molar-refractivity contribution in [2.45, 2.75) is 13.1 Å². The van der Waals surface area contributed by atoms with Crippen LogP contribution in [0.25, 0.3) is 0 Å². The Morgan fingerprint density at radius 3 is 2.67 bits per heavy atom. The van der Waals surface area contributed by atoms with Crippen LogP contribution in [-0.4, -0.2) is 48.9 Å². The van der Waals surface area contributed by atoms with Crippen LogP contribution in [0.15, 0.2) is 29.4 Å². The SMILES string of the molecule is CN=C(NCc1cccnc1N1CCOCC1)NCc1cc(Cl)c(Cl)n1C. The molecule has 7 nitrogen and oxygen atoms in total.